The number of aryl methyl sites for hydroxylation is 1. The van der Waals surface area contributed by atoms with E-state index in [2.05, 4.69) is 5.32 Å². The molecule has 0 unspecified atom stereocenters. The van der Waals surface area contributed by atoms with Crippen LogP contribution in [0.1, 0.15) is 45.1 Å². The number of carbonyl (C=O) groups excluding carboxylic acids is 1. The van der Waals surface area contributed by atoms with E-state index in [0.29, 0.717) is 24.2 Å². The average Bonchev–Trinajstić information content (AvgIpc) is 2.74. The van der Waals surface area contributed by atoms with Crippen molar-refractivity contribution < 1.29 is 26.8 Å². The number of benzene rings is 2. The number of sulfonamides is 1. The van der Waals surface area contributed by atoms with Crippen LogP contribution >= 0.6 is 7.60 Å². The molecule has 0 heterocycles. The zero-order valence-corrected chi connectivity index (χ0v) is 20.4. The van der Waals surface area contributed by atoms with Crippen molar-refractivity contribution in [2.45, 2.75) is 51.3 Å². The number of anilines is 1. The zero-order chi connectivity index (χ0) is 23.6. The maximum Gasteiger partial charge on any atom is 0.361 e. The summed E-state index contributed by atoms with van der Waals surface area (Å²) < 4.78 is 51.1. The predicted octanol–water partition coefficient (Wildman–Crippen LogP) is 4.96. The lowest BCUT2D eigenvalue weighted by Gasteiger charge is -2.19. The number of urea groups is 1. The Morgan fingerprint density at radius 2 is 1.44 bits per heavy atom. The Bertz CT molecular complexity index is 1010. The van der Waals surface area contributed by atoms with Crippen LogP contribution in [0.15, 0.2) is 53.4 Å². The summed E-state index contributed by atoms with van der Waals surface area (Å²) in [6.45, 7) is 6.49. The number of hydrogen-bond acceptors (Lipinski definition) is 6. The first-order chi connectivity index (χ1) is 15.2. The molecule has 8 nitrogen and oxygen atoms in total. The van der Waals surface area contributed by atoms with Crippen molar-refractivity contribution in [3.8, 4) is 0 Å². The van der Waals surface area contributed by atoms with E-state index in [9.17, 15) is 17.8 Å². The fourth-order valence-corrected chi connectivity index (χ4v) is 5.16. The van der Waals surface area contributed by atoms with Crippen molar-refractivity contribution in [1.29, 1.82) is 0 Å². The van der Waals surface area contributed by atoms with Gasteiger partial charge in [-0.3, -0.25) is 4.57 Å². The van der Waals surface area contributed by atoms with Gasteiger partial charge in [-0.1, -0.05) is 44.4 Å². The quantitative estimate of drug-likeness (QED) is 0.327. The van der Waals surface area contributed by atoms with E-state index in [4.69, 9.17) is 9.05 Å². The molecule has 2 aromatic rings. The van der Waals surface area contributed by atoms with Crippen LogP contribution in [-0.4, -0.2) is 27.7 Å². The van der Waals surface area contributed by atoms with Crippen LogP contribution in [0.5, 0.6) is 0 Å². The summed E-state index contributed by atoms with van der Waals surface area (Å²) in [5.74, 6) is 0. The standard InChI is InChI=1S/C22H31N2O6PS/c1-4-6-16-29-31(26,30-17-7-5-2)20-12-10-19(11-13-20)23-22(25)24-32(27,28)21-14-8-18(3)9-15-21/h8-15H,4-7,16-17H2,1-3H3,(H2,23,24,25). The van der Waals surface area contributed by atoms with Crippen LogP contribution in [-0.2, 0) is 23.6 Å². The molecule has 0 aliphatic heterocycles. The van der Waals surface area contributed by atoms with Gasteiger partial charge in [0.05, 0.1) is 23.4 Å². The molecule has 2 N–H and O–H groups in total. The fraction of sp³-hybridized carbons (Fsp3) is 0.409. The van der Waals surface area contributed by atoms with Gasteiger partial charge in [-0.25, -0.2) is 17.9 Å². The number of unbranched alkanes of at least 4 members (excludes halogenated alkanes) is 2. The molecular formula is C22H31N2O6PS. The maximum absolute atomic E-state index is 13.2. The number of amides is 2. The Kier molecular flexibility index (Phi) is 9.90. The van der Waals surface area contributed by atoms with Crippen LogP contribution in [0.4, 0.5) is 10.5 Å². The first-order valence-electron chi connectivity index (χ1n) is 10.6. The number of hydrogen-bond donors (Lipinski definition) is 2. The second-order valence-electron chi connectivity index (χ2n) is 7.29. The van der Waals surface area contributed by atoms with Gasteiger partial charge in [-0.15, -0.1) is 0 Å². The summed E-state index contributed by atoms with van der Waals surface area (Å²) in [5, 5.41) is 2.84. The Labute approximate surface area is 190 Å². The lowest BCUT2D eigenvalue weighted by Crippen LogP contribution is -2.34. The molecule has 0 bridgehead atoms. The minimum absolute atomic E-state index is 0.0111. The minimum atomic E-state index is -4.00. The SMILES string of the molecule is CCCCOP(=O)(OCCCC)c1ccc(NC(=O)NS(=O)(=O)c2ccc(C)cc2)cc1. The first kappa shape index (κ1) is 26.1. The second kappa shape index (κ2) is 12.2. The molecule has 0 saturated heterocycles. The molecule has 32 heavy (non-hydrogen) atoms. The Morgan fingerprint density at radius 3 is 1.94 bits per heavy atom. The van der Waals surface area contributed by atoms with Gasteiger partial charge in [-0.2, -0.15) is 0 Å². The lowest BCUT2D eigenvalue weighted by atomic mass is 10.2. The molecule has 10 heteroatoms. The maximum atomic E-state index is 13.2. The third-order valence-electron chi connectivity index (χ3n) is 4.52. The van der Waals surface area contributed by atoms with E-state index in [1.807, 2.05) is 25.5 Å². The third kappa shape index (κ3) is 7.74. The third-order valence-corrected chi connectivity index (χ3v) is 7.84. The predicted molar refractivity (Wildman–Crippen MR) is 126 cm³/mol. The fourth-order valence-electron chi connectivity index (χ4n) is 2.63. The molecule has 0 spiro atoms. The van der Waals surface area contributed by atoms with Crippen molar-refractivity contribution in [3.05, 3.63) is 54.1 Å². The number of nitrogens with one attached hydrogen (secondary N) is 2. The second-order valence-corrected chi connectivity index (χ2v) is 11.0. The summed E-state index contributed by atoms with van der Waals surface area (Å²) in [7, 11) is -7.49. The highest BCUT2D eigenvalue weighted by molar-refractivity contribution is 7.90. The average molecular weight is 483 g/mol. The summed E-state index contributed by atoms with van der Waals surface area (Å²) in [6.07, 6.45) is 3.32. The first-order valence-corrected chi connectivity index (χ1v) is 13.6. The van der Waals surface area contributed by atoms with Gasteiger partial charge in [0, 0.05) is 5.69 Å². The van der Waals surface area contributed by atoms with E-state index >= 15 is 0 Å². The number of rotatable bonds is 12. The Balaban J connectivity index is 2.06. The molecule has 2 aromatic carbocycles. The van der Waals surface area contributed by atoms with Gasteiger partial charge in [-0.05, 0) is 56.2 Å². The molecule has 176 valence electrons. The van der Waals surface area contributed by atoms with Gasteiger partial charge in [0.1, 0.15) is 0 Å². The molecular weight excluding hydrogens is 451 g/mol. The molecule has 0 fully saturated rings. The summed E-state index contributed by atoms with van der Waals surface area (Å²) in [6, 6.07) is 11.4. The normalized spacial score (nSPS) is 11.8. The zero-order valence-electron chi connectivity index (χ0n) is 18.7. The van der Waals surface area contributed by atoms with Gasteiger partial charge in [0.25, 0.3) is 10.0 Å². The van der Waals surface area contributed by atoms with Gasteiger partial charge < -0.3 is 14.4 Å². The summed E-state index contributed by atoms with van der Waals surface area (Å²) in [5.41, 5.74) is 1.24. The topological polar surface area (TPSA) is 111 Å². The highest BCUT2D eigenvalue weighted by Gasteiger charge is 2.27. The van der Waals surface area contributed by atoms with Crippen LogP contribution in [0, 0.1) is 6.92 Å². The van der Waals surface area contributed by atoms with Crippen molar-refractivity contribution in [2.75, 3.05) is 18.5 Å². The summed E-state index contributed by atoms with van der Waals surface area (Å²) >= 11 is 0. The highest BCUT2D eigenvalue weighted by Crippen LogP contribution is 2.47. The van der Waals surface area contributed by atoms with E-state index in [1.54, 1.807) is 24.3 Å². The van der Waals surface area contributed by atoms with Crippen molar-refractivity contribution in [1.82, 2.24) is 4.72 Å². The molecule has 0 aliphatic carbocycles. The monoisotopic (exact) mass is 482 g/mol. The van der Waals surface area contributed by atoms with Crippen LogP contribution in [0.25, 0.3) is 0 Å². The number of carbonyl (C=O) groups is 1. The van der Waals surface area contributed by atoms with Gasteiger partial charge in [0.15, 0.2) is 0 Å². The molecule has 0 aromatic heterocycles. The molecule has 0 saturated carbocycles. The van der Waals surface area contributed by atoms with Crippen LogP contribution < -0.4 is 15.3 Å². The molecule has 2 rings (SSSR count). The molecule has 0 atom stereocenters. The summed E-state index contributed by atoms with van der Waals surface area (Å²) in [4.78, 5) is 12.2. The van der Waals surface area contributed by atoms with E-state index < -0.39 is 23.7 Å². The molecule has 0 aliphatic rings. The van der Waals surface area contributed by atoms with E-state index in [-0.39, 0.29) is 4.90 Å². The molecule has 2 amide bonds. The van der Waals surface area contributed by atoms with Gasteiger partial charge >= 0.3 is 13.6 Å². The van der Waals surface area contributed by atoms with Crippen LogP contribution in [0.3, 0.4) is 0 Å². The lowest BCUT2D eigenvalue weighted by molar-refractivity contribution is 0.208. The van der Waals surface area contributed by atoms with Gasteiger partial charge in [0.2, 0.25) is 0 Å². The molecule has 0 radical (unpaired) electrons. The van der Waals surface area contributed by atoms with Crippen molar-refractivity contribution in [2.24, 2.45) is 0 Å². The van der Waals surface area contributed by atoms with Crippen molar-refractivity contribution >= 4 is 34.6 Å². The van der Waals surface area contributed by atoms with E-state index in [1.165, 1.54) is 24.3 Å². The smallest absolute Gasteiger partial charge is 0.307 e. The minimum Gasteiger partial charge on any atom is -0.307 e. The van der Waals surface area contributed by atoms with E-state index in [0.717, 1.165) is 31.2 Å². The van der Waals surface area contributed by atoms with Crippen molar-refractivity contribution in [3.63, 3.8) is 0 Å². The largest absolute Gasteiger partial charge is 0.361 e. The van der Waals surface area contributed by atoms with Crippen LogP contribution in [0.2, 0.25) is 0 Å². The Hall–Kier alpha value is -2.19. The Morgan fingerprint density at radius 1 is 0.906 bits per heavy atom. The highest BCUT2D eigenvalue weighted by atomic mass is 32.2.